The van der Waals surface area contributed by atoms with Crippen LogP contribution in [0.15, 0.2) is 12.3 Å². The van der Waals surface area contributed by atoms with Gasteiger partial charge in [0.05, 0.1) is 6.20 Å². The molecule has 0 radical (unpaired) electrons. The minimum atomic E-state index is -0.654. The Balaban J connectivity index is 2.24. The van der Waals surface area contributed by atoms with Gasteiger partial charge < -0.3 is 14.8 Å². The quantitative estimate of drug-likeness (QED) is 0.555. The van der Waals surface area contributed by atoms with Crippen LogP contribution in [0.5, 0.6) is 0 Å². The lowest BCUT2D eigenvalue weighted by Crippen LogP contribution is -2.35. The second-order valence-corrected chi connectivity index (χ2v) is 7.61. The monoisotopic (exact) mass is 411 g/mol. The van der Waals surface area contributed by atoms with Gasteiger partial charge in [-0.3, -0.25) is 9.69 Å². The molecule has 0 aliphatic heterocycles. The summed E-state index contributed by atoms with van der Waals surface area (Å²) in [6.45, 7) is 6.47. The number of rotatable bonds is 7. The van der Waals surface area contributed by atoms with Crippen molar-refractivity contribution in [2.24, 2.45) is 0 Å². The Morgan fingerprint density at radius 1 is 1.32 bits per heavy atom. The molecular formula is C18H26ClN5O4. The number of amides is 2. The van der Waals surface area contributed by atoms with E-state index >= 15 is 0 Å². The van der Waals surface area contributed by atoms with Gasteiger partial charge >= 0.3 is 6.09 Å². The van der Waals surface area contributed by atoms with Crippen molar-refractivity contribution in [3.63, 3.8) is 0 Å². The number of nitrogens with zero attached hydrogens (tertiary/aromatic N) is 4. The summed E-state index contributed by atoms with van der Waals surface area (Å²) < 4.78 is 11.7. The summed E-state index contributed by atoms with van der Waals surface area (Å²) in [6.07, 6.45) is 2.46. The lowest BCUT2D eigenvalue weighted by molar-refractivity contribution is 0.0587. The fourth-order valence-electron chi connectivity index (χ4n) is 2.41. The maximum absolute atomic E-state index is 12.5. The van der Waals surface area contributed by atoms with E-state index < -0.39 is 11.7 Å². The predicted octanol–water partition coefficient (Wildman–Crippen LogP) is 2.91. The maximum atomic E-state index is 12.5. The smallest absolute Gasteiger partial charge is 0.415 e. The summed E-state index contributed by atoms with van der Waals surface area (Å²) in [4.78, 5) is 30.3. The third kappa shape index (κ3) is 5.56. The van der Waals surface area contributed by atoms with Crippen molar-refractivity contribution in [3.05, 3.63) is 23.0 Å². The molecule has 0 fully saturated rings. The fraction of sp³-hybridized carbons (Fsp3) is 0.556. The van der Waals surface area contributed by atoms with Gasteiger partial charge in [-0.1, -0.05) is 11.6 Å². The molecular weight excluding hydrogens is 386 g/mol. The van der Waals surface area contributed by atoms with Gasteiger partial charge in [0.25, 0.3) is 5.91 Å². The van der Waals surface area contributed by atoms with Gasteiger partial charge in [-0.15, -0.1) is 0 Å². The van der Waals surface area contributed by atoms with Crippen molar-refractivity contribution >= 4 is 35.1 Å². The van der Waals surface area contributed by atoms with Crippen LogP contribution < -0.4 is 10.2 Å². The van der Waals surface area contributed by atoms with E-state index in [1.54, 1.807) is 27.9 Å². The SMILES string of the molecule is COCCCCNC(=O)c1cnn2c(N(C)C(=O)OC(C)(C)C)cc(Cl)nc12. The Bertz CT molecular complexity index is 846. The van der Waals surface area contributed by atoms with Crippen LogP contribution in [0, 0.1) is 0 Å². The fourth-order valence-corrected chi connectivity index (χ4v) is 2.59. The summed E-state index contributed by atoms with van der Waals surface area (Å²) >= 11 is 6.12. The molecule has 0 saturated heterocycles. The van der Waals surface area contributed by atoms with Gasteiger partial charge in [-0.2, -0.15) is 9.61 Å². The van der Waals surface area contributed by atoms with E-state index in [-0.39, 0.29) is 22.3 Å². The number of unbranched alkanes of at least 4 members (excludes halogenated alkanes) is 1. The molecule has 2 amide bonds. The number of carbonyl (C=O) groups is 2. The third-order valence-corrected chi connectivity index (χ3v) is 3.93. The topological polar surface area (TPSA) is 98.1 Å². The van der Waals surface area contributed by atoms with Crippen LogP contribution in [0.4, 0.5) is 10.6 Å². The lowest BCUT2D eigenvalue weighted by atomic mass is 10.2. The Kier molecular flexibility index (Phi) is 7.20. The highest BCUT2D eigenvalue weighted by Crippen LogP contribution is 2.23. The van der Waals surface area contributed by atoms with Crippen molar-refractivity contribution in [2.75, 3.05) is 32.2 Å². The second-order valence-electron chi connectivity index (χ2n) is 7.23. The number of halogens is 1. The van der Waals surface area contributed by atoms with Crippen molar-refractivity contribution in [1.29, 1.82) is 0 Å². The normalized spacial score (nSPS) is 11.5. The van der Waals surface area contributed by atoms with Crippen LogP contribution in [0.25, 0.3) is 5.65 Å². The first-order chi connectivity index (χ1) is 13.1. The number of nitrogens with one attached hydrogen (secondary N) is 1. The third-order valence-electron chi connectivity index (χ3n) is 3.74. The van der Waals surface area contributed by atoms with E-state index in [1.165, 1.54) is 28.7 Å². The minimum Gasteiger partial charge on any atom is -0.443 e. The molecule has 2 rings (SSSR count). The molecule has 2 aromatic heterocycles. The van der Waals surface area contributed by atoms with E-state index in [1.807, 2.05) is 0 Å². The highest BCUT2D eigenvalue weighted by atomic mass is 35.5. The van der Waals surface area contributed by atoms with E-state index in [9.17, 15) is 9.59 Å². The minimum absolute atomic E-state index is 0.132. The van der Waals surface area contributed by atoms with Crippen molar-refractivity contribution < 1.29 is 19.1 Å². The van der Waals surface area contributed by atoms with E-state index in [2.05, 4.69) is 15.4 Å². The molecule has 9 nitrogen and oxygen atoms in total. The molecule has 2 aromatic rings. The number of anilines is 1. The molecule has 1 N–H and O–H groups in total. The van der Waals surface area contributed by atoms with Gasteiger partial charge in [0.1, 0.15) is 22.1 Å². The van der Waals surface area contributed by atoms with E-state index in [4.69, 9.17) is 21.1 Å². The summed E-state index contributed by atoms with van der Waals surface area (Å²) in [5, 5.41) is 7.16. The molecule has 154 valence electrons. The van der Waals surface area contributed by atoms with E-state index in [0.717, 1.165) is 12.8 Å². The maximum Gasteiger partial charge on any atom is 0.415 e. The number of hydrogen-bond acceptors (Lipinski definition) is 6. The molecule has 0 unspecified atom stereocenters. The largest absolute Gasteiger partial charge is 0.443 e. The Morgan fingerprint density at radius 3 is 2.68 bits per heavy atom. The zero-order chi connectivity index (χ0) is 20.9. The van der Waals surface area contributed by atoms with Crippen LogP contribution in [-0.4, -0.2) is 59.5 Å². The average Bonchev–Trinajstić information content (AvgIpc) is 3.02. The van der Waals surface area contributed by atoms with Crippen LogP contribution in [0.2, 0.25) is 5.15 Å². The molecule has 0 atom stereocenters. The highest BCUT2D eigenvalue weighted by molar-refractivity contribution is 6.30. The first-order valence-corrected chi connectivity index (χ1v) is 9.30. The molecule has 0 saturated carbocycles. The number of ether oxygens (including phenoxy) is 2. The van der Waals surface area contributed by atoms with Crippen molar-refractivity contribution in [3.8, 4) is 0 Å². The highest BCUT2D eigenvalue weighted by Gasteiger charge is 2.24. The van der Waals surface area contributed by atoms with Crippen LogP contribution in [0.3, 0.4) is 0 Å². The summed E-state index contributed by atoms with van der Waals surface area (Å²) in [7, 11) is 3.18. The molecule has 0 bridgehead atoms. The number of hydrogen-bond donors (Lipinski definition) is 1. The molecule has 0 aliphatic carbocycles. The van der Waals surface area contributed by atoms with Gasteiger partial charge in [-0.05, 0) is 33.6 Å². The first-order valence-electron chi connectivity index (χ1n) is 8.92. The standard InChI is InChI=1S/C18H26ClN5O4/c1-18(2,3)28-17(26)23(4)14-10-13(19)22-15-12(11-21-24(14)15)16(25)20-8-6-7-9-27-5/h10-11H,6-9H2,1-5H3,(H,20,25). The molecule has 0 spiro atoms. The summed E-state index contributed by atoms with van der Waals surface area (Å²) in [6, 6.07) is 1.48. The summed E-state index contributed by atoms with van der Waals surface area (Å²) in [5.74, 6) is 0.0245. The Hall–Kier alpha value is -2.39. The van der Waals surface area contributed by atoms with E-state index in [0.29, 0.717) is 19.0 Å². The van der Waals surface area contributed by atoms with Crippen molar-refractivity contribution in [1.82, 2.24) is 19.9 Å². The van der Waals surface area contributed by atoms with Gasteiger partial charge in [0.2, 0.25) is 0 Å². The lowest BCUT2D eigenvalue weighted by Gasteiger charge is -2.24. The molecule has 28 heavy (non-hydrogen) atoms. The number of aromatic nitrogens is 3. The van der Waals surface area contributed by atoms with Crippen LogP contribution >= 0.6 is 11.6 Å². The number of carbonyl (C=O) groups excluding carboxylic acids is 2. The van der Waals surface area contributed by atoms with Crippen LogP contribution in [0.1, 0.15) is 44.0 Å². The number of fused-ring (bicyclic) bond motifs is 1. The van der Waals surface area contributed by atoms with Crippen LogP contribution in [-0.2, 0) is 9.47 Å². The molecule has 0 aliphatic rings. The molecule has 10 heteroatoms. The first kappa shape index (κ1) is 21.9. The summed E-state index contributed by atoms with van der Waals surface area (Å²) in [5.41, 5.74) is -0.125. The van der Waals surface area contributed by atoms with Gasteiger partial charge in [0.15, 0.2) is 5.65 Å². The van der Waals surface area contributed by atoms with Crippen molar-refractivity contribution in [2.45, 2.75) is 39.2 Å². The Morgan fingerprint density at radius 2 is 2.04 bits per heavy atom. The number of methoxy groups -OCH3 is 1. The molecule has 0 aromatic carbocycles. The average molecular weight is 412 g/mol. The molecule has 2 heterocycles. The van der Waals surface area contributed by atoms with Gasteiger partial charge in [0, 0.05) is 33.4 Å². The Labute approximate surface area is 168 Å². The zero-order valence-corrected chi connectivity index (χ0v) is 17.5. The zero-order valence-electron chi connectivity index (χ0n) is 16.8. The second kappa shape index (κ2) is 9.20. The predicted molar refractivity (Wildman–Crippen MR) is 106 cm³/mol. The van der Waals surface area contributed by atoms with Gasteiger partial charge in [-0.25, -0.2) is 9.78 Å².